The highest BCUT2D eigenvalue weighted by atomic mass is 35.5. The van der Waals surface area contributed by atoms with E-state index in [4.69, 9.17) is 34.8 Å². The van der Waals surface area contributed by atoms with Crippen LogP contribution in [0.4, 0.5) is 5.69 Å². The molecule has 2 N–H and O–H groups in total. The van der Waals surface area contributed by atoms with Crippen LogP contribution in [0.3, 0.4) is 0 Å². The van der Waals surface area contributed by atoms with Gasteiger partial charge >= 0.3 is 0 Å². The number of nitrogens with zero attached hydrogens (tertiary/aromatic N) is 1. The molecule has 19 heavy (non-hydrogen) atoms. The Kier molecular flexibility index (Phi) is 3.96. The minimum absolute atomic E-state index is 0.0694. The normalized spacial score (nSPS) is 11.6. The fourth-order valence-corrected chi connectivity index (χ4v) is 3.46. The van der Waals surface area contributed by atoms with Crippen LogP contribution >= 0.6 is 34.8 Å². The van der Waals surface area contributed by atoms with E-state index >= 15 is 0 Å². The van der Waals surface area contributed by atoms with Gasteiger partial charge in [-0.15, -0.1) is 0 Å². The zero-order valence-corrected chi connectivity index (χ0v) is 12.6. The van der Waals surface area contributed by atoms with Crippen molar-refractivity contribution in [3.63, 3.8) is 0 Å². The van der Waals surface area contributed by atoms with Gasteiger partial charge in [0, 0.05) is 5.02 Å². The van der Waals surface area contributed by atoms with Gasteiger partial charge in [-0.3, -0.25) is 4.72 Å². The van der Waals surface area contributed by atoms with E-state index in [9.17, 15) is 8.42 Å². The highest BCUT2D eigenvalue weighted by Gasteiger charge is 2.20. The van der Waals surface area contributed by atoms with Gasteiger partial charge < -0.3 is 4.98 Å². The number of aryl methyl sites for hydroxylation is 1. The molecule has 0 aliphatic heterocycles. The molecule has 0 unspecified atom stereocenters. The molecule has 0 amide bonds. The number of nitrogens with one attached hydrogen (secondary N) is 2. The zero-order chi connectivity index (χ0) is 14.2. The minimum atomic E-state index is -3.83. The number of aromatic nitrogens is 2. The summed E-state index contributed by atoms with van der Waals surface area (Å²) < 4.78 is 26.4. The molecule has 9 heteroatoms. The summed E-state index contributed by atoms with van der Waals surface area (Å²) in [6.45, 7) is 1.64. The Bertz CT molecular complexity index is 704. The van der Waals surface area contributed by atoms with E-state index in [2.05, 4.69) is 14.7 Å². The van der Waals surface area contributed by atoms with Gasteiger partial charge in [-0.2, -0.15) is 8.42 Å². The second kappa shape index (κ2) is 5.20. The van der Waals surface area contributed by atoms with E-state index in [1.807, 2.05) is 0 Å². The highest BCUT2D eigenvalue weighted by molar-refractivity contribution is 7.92. The first kappa shape index (κ1) is 14.5. The molecular formula is C10H8Cl3N3O2S. The number of rotatable bonds is 3. The number of imidazole rings is 1. The van der Waals surface area contributed by atoms with Gasteiger partial charge in [0.1, 0.15) is 5.82 Å². The molecule has 5 nitrogen and oxygen atoms in total. The van der Waals surface area contributed by atoms with E-state index in [-0.39, 0.29) is 20.8 Å². The molecule has 2 aromatic rings. The molecule has 0 saturated heterocycles. The summed E-state index contributed by atoms with van der Waals surface area (Å²) in [7, 11) is -3.83. The van der Waals surface area contributed by atoms with Gasteiger partial charge in [-0.1, -0.05) is 34.8 Å². The molecule has 0 bridgehead atoms. The van der Waals surface area contributed by atoms with Crippen molar-refractivity contribution in [1.29, 1.82) is 0 Å². The molecule has 1 aromatic heterocycles. The fraction of sp³-hybridized carbons (Fsp3) is 0.100. The monoisotopic (exact) mass is 339 g/mol. The van der Waals surface area contributed by atoms with Crippen molar-refractivity contribution in [2.24, 2.45) is 0 Å². The maximum absolute atomic E-state index is 12.1. The molecule has 2 rings (SSSR count). The Hall–Kier alpha value is -0.950. The standard InChI is InChI=1S/C10H8Cl3N3O2S/c1-5-14-4-9(15-5)19(17,18)16-10-7(12)2-6(11)3-8(10)13/h2-4,16H,1H3,(H,14,15). The van der Waals surface area contributed by atoms with Crippen molar-refractivity contribution in [2.75, 3.05) is 4.72 Å². The topological polar surface area (TPSA) is 74.8 Å². The van der Waals surface area contributed by atoms with Crippen LogP contribution in [0.5, 0.6) is 0 Å². The summed E-state index contributed by atoms with van der Waals surface area (Å²) in [5.74, 6) is 0.480. The largest absolute Gasteiger partial charge is 0.332 e. The van der Waals surface area contributed by atoms with Gasteiger partial charge in [0.05, 0.1) is 21.9 Å². The van der Waals surface area contributed by atoms with Crippen molar-refractivity contribution in [3.8, 4) is 0 Å². The second-order valence-corrected chi connectivity index (χ2v) is 6.58. The van der Waals surface area contributed by atoms with Gasteiger partial charge in [-0.05, 0) is 19.1 Å². The van der Waals surface area contributed by atoms with Crippen LogP contribution in [-0.2, 0) is 10.0 Å². The quantitative estimate of drug-likeness (QED) is 0.898. The van der Waals surface area contributed by atoms with Gasteiger partial charge in [0.2, 0.25) is 0 Å². The highest BCUT2D eigenvalue weighted by Crippen LogP contribution is 2.34. The third-order valence-corrected chi connectivity index (χ3v) is 4.29. The fourth-order valence-electron chi connectivity index (χ4n) is 1.36. The summed E-state index contributed by atoms with van der Waals surface area (Å²) in [5, 5.41) is 0.456. The molecule has 1 aromatic carbocycles. The van der Waals surface area contributed by atoms with Crippen LogP contribution in [0.25, 0.3) is 0 Å². The third-order valence-electron chi connectivity index (χ3n) is 2.21. The predicted molar refractivity (Wildman–Crippen MR) is 75.6 cm³/mol. The first-order valence-corrected chi connectivity index (χ1v) is 7.60. The molecule has 0 saturated carbocycles. The number of halogens is 3. The smallest absolute Gasteiger partial charge is 0.279 e. The van der Waals surface area contributed by atoms with E-state index in [0.717, 1.165) is 0 Å². The minimum Gasteiger partial charge on any atom is -0.332 e. The molecule has 0 fully saturated rings. The molecule has 102 valence electrons. The molecule has 0 radical (unpaired) electrons. The van der Waals surface area contributed by atoms with Crippen LogP contribution in [0.15, 0.2) is 23.4 Å². The van der Waals surface area contributed by atoms with Gasteiger partial charge in [0.15, 0.2) is 5.03 Å². The second-order valence-electron chi connectivity index (χ2n) is 3.68. The summed E-state index contributed by atoms with van der Waals surface area (Å²) in [4.78, 5) is 6.43. The van der Waals surface area contributed by atoms with Crippen molar-refractivity contribution in [3.05, 3.63) is 39.2 Å². The average Bonchev–Trinajstić information content (AvgIpc) is 2.71. The lowest BCUT2D eigenvalue weighted by Crippen LogP contribution is -2.14. The van der Waals surface area contributed by atoms with Crippen LogP contribution in [-0.4, -0.2) is 18.4 Å². The number of sulfonamides is 1. The summed E-state index contributed by atoms with van der Waals surface area (Å²) in [6, 6.07) is 2.79. The lowest BCUT2D eigenvalue weighted by molar-refractivity contribution is 0.598. The number of hydrogen-bond acceptors (Lipinski definition) is 3. The molecule has 0 spiro atoms. The summed E-state index contributed by atoms with van der Waals surface area (Å²) in [6.07, 6.45) is 1.20. The number of benzene rings is 1. The maximum atomic E-state index is 12.1. The number of hydrogen-bond donors (Lipinski definition) is 2. The Morgan fingerprint density at radius 2 is 1.79 bits per heavy atom. The van der Waals surface area contributed by atoms with Crippen LogP contribution < -0.4 is 4.72 Å². The molecule has 0 aliphatic rings. The molecule has 0 atom stereocenters. The molecule has 1 heterocycles. The van der Waals surface area contributed by atoms with Crippen molar-refractivity contribution in [1.82, 2.24) is 9.97 Å². The van der Waals surface area contributed by atoms with E-state index < -0.39 is 10.0 Å². The van der Waals surface area contributed by atoms with E-state index in [1.54, 1.807) is 6.92 Å². The van der Waals surface area contributed by atoms with Crippen molar-refractivity contribution < 1.29 is 8.42 Å². The molecule has 0 aliphatic carbocycles. The lowest BCUT2D eigenvalue weighted by atomic mass is 10.3. The van der Waals surface area contributed by atoms with Crippen molar-refractivity contribution >= 4 is 50.5 Å². The Morgan fingerprint density at radius 3 is 2.26 bits per heavy atom. The van der Waals surface area contributed by atoms with Crippen LogP contribution in [0, 0.1) is 6.92 Å². The average molecular weight is 341 g/mol. The summed E-state index contributed by atoms with van der Waals surface area (Å²) >= 11 is 17.6. The Morgan fingerprint density at radius 1 is 1.21 bits per heavy atom. The predicted octanol–water partition coefficient (Wildman–Crippen LogP) is 3.48. The first-order chi connectivity index (χ1) is 8.79. The Balaban J connectivity index is 2.41. The number of H-pyrrole nitrogens is 1. The zero-order valence-electron chi connectivity index (χ0n) is 9.54. The first-order valence-electron chi connectivity index (χ1n) is 4.98. The number of anilines is 1. The van der Waals surface area contributed by atoms with Crippen molar-refractivity contribution in [2.45, 2.75) is 11.9 Å². The van der Waals surface area contributed by atoms with Gasteiger partial charge in [0.25, 0.3) is 10.0 Å². The SMILES string of the molecule is Cc1ncc(S(=O)(=O)Nc2c(Cl)cc(Cl)cc2Cl)[nH]1. The van der Waals surface area contributed by atoms with Crippen LogP contribution in [0.1, 0.15) is 5.82 Å². The number of aromatic amines is 1. The maximum Gasteiger partial charge on any atom is 0.279 e. The van der Waals surface area contributed by atoms with Gasteiger partial charge in [-0.25, -0.2) is 4.98 Å². The third kappa shape index (κ3) is 3.14. The summed E-state index contributed by atoms with van der Waals surface area (Å²) in [5.41, 5.74) is 0.0694. The van der Waals surface area contributed by atoms with E-state index in [0.29, 0.717) is 10.8 Å². The Labute approximate surface area is 125 Å². The van der Waals surface area contributed by atoms with E-state index in [1.165, 1.54) is 18.3 Å². The van der Waals surface area contributed by atoms with Crippen LogP contribution in [0.2, 0.25) is 15.1 Å². The lowest BCUT2D eigenvalue weighted by Gasteiger charge is -2.10. The molecular weight excluding hydrogens is 333 g/mol.